The summed E-state index contributed by atoms with van der Waals surface area (Å²) in [7, 11) is 1.91. The zero-order valence-electron chi connectivity index (χ0n) is 11.3. The molecule has 4 heteroatoms. The van der Waals surface area contributed by atoms with Crippen molar-refractivity contribution in [3.63, 3.8) is 0 Å². The van der Waals surface area contributed by atoms with Crippen LogP contribution in [0.1, 0.15) is 31.2 Å². The van der Waals surface area contributed by atoms with Crippen LogP contribution in [-0.2, 0) is 11.2 Å². The number of likely N-dealkylation sites (N-methyl/N-ethyl adjacent to an activating group) is 1. The average molecular weight is 286 g/mol. The Morgan fingerprint density at radius 2 is 2.32 bits per heavy atom. The van der Waals surface area contributed by atoms with E-state index in [1.807, 2.05) is 7.05 Å². The first kappa shape index (κ1) is 14.8. The van der Waals surface area contributed by atoms with Gasteiger partial charge in [0, 0.05) is 17.7 Å². The SMILES string of the molecule is CNC(Cc1cc(Cl)ccc1F)CC1CCCCO1. The van der Waals surface area contributed by atoms with Gasteiger partial charge in [-0.3, -0.25) is 0 Å². The molecule has 0 amide bonds. The molecule has 1 heterocycles. The molecule has 1 fully saturated rings. The van der Waals surface area contributed by atoms with E-state index in [1.54, 1.807) is 12.1 Å². The van der Waals surface area contributed by atoms with Crippen molar-refractivity contribution < 1.29 is 9.13 Å². The van der Waals surface area contributed by atoms with Gasteiger partial charge >= 0.3 is 0 Å². The van der Waals surface area contributed by atoms with Gasteiger partial charge in [-0.1, -0.05) is 11.6 Å². The number of hydrogen-bond acceptors (Lipinski definition) is 2. The molecule has 0 bridgehead atoms. The molecular weight excluding hydrogens is 265 g/mol. The highest BCUT2D eigenvalue weighted by atomic mass is 35.5. The smallest absolute Gasteiger partial charge is 0.126 e. The summed E-state index contributed by atoms with van der Waals surface area (Å²) in [6.45, 7) is 0.854. The summed E-state index contributed by atoms with van der Waals surface area (Å²) in [5, 5.41) is 3.84. The van der Waals surface area contributed by atoms with Crippen molar-refractivity contribution >= 4 is 11.6 Å². The minimum atomic E-state index is -0.186. The minimum Gasteiger partial charge on any atom is -0.378 e. The number of nitrogens with one attached hydrogen (secondary N) is 1. The van der Waals surface area contributed by atoms with Gasteiger partial charge < -0.3 is 10.1 Å². The second kappa shape index (κ2) is 7.22. The van der Waals surface area contributed by atoms with E-state index in [-0.39, 0.29) is 11.9 Å². The normalized spacial score (nSPS) is 21.3. The van der Waals surface area contributed by atoms with Crippen molar-refractivity contribution in [3.8, 4) is 0 Å². The monoisotopic (exact) mass is 285 g/mol. The van der Waals surface area contributed by atoms with Gasteiger partial charge in [0.05, 0.1) is 6.10 Å². The largest absolute Gasteiger partial charge is 0.378 e. The lowest BCUT2D eigenvalue weighted by Crippen LogP contribution is -2.34. The maximum atomic E-state index is 13.7. The van der Waals surface area contributed by atoms with Crippen LogP contribution < -0.4 is 5.32 Å². The molecule has 1 saturated heterocycles. The summed E-state index contributed by atoms with van der Waals surface area (Å²) in [5.74, 6) is -0.186. The number of ether oxygens (including phenoxy) is 1. The van der Waals surface area contributed by atoms with Crippen LogP contribution in [0.5, 0.6) is 0 Å². The summed E-state index contributed by atoms with van der Waals surface area (Å²) in [4.78, 5) is 0. The van der Waals surface area contributed by atoms with Gasteiger partial charge in [0.1, 0.15) is 5.82 Å². The molecule has 2 nitrogen and oxygen atoms in total. The summed E-state index contributed by atoms with van der Waals surface area (Å²) in [5.41, 5.74) is 0.669. The van der Waals surface area contributed by atoms with Crippen LogP contribution in [0.15, 0.2) is 18.2 Å². The van der Waals surface area contributed by atoms with Gasteiger partial charge in [-0.25, -0.2) is 4.39 Å². The van der Waals surface area contributed by atoms with Crippen LogP contribution in [0.3, 0.4) is 0 Å². The lowest BCUT2D eigenvalue weighted by Gasteiger charge is -2.27. The van der Waals surface area contributed by atoms with Gasteiger partial charge in [-0.2, -0.15) is 0 Å². The minimum absolute atomic E-state index is 0.186. The average Bonchev–Trinajstić information content (AvgIpc) is 2.43. The molecule has 0 spiro atoms. The van der Waals surface area contributed by atoms with Crippen molar-refractivity contribution in [2.75, 3.05) is 13.7 Å². The quantitative estimate of drug-likeness (QED) is 0.893. The van der Waals surface area contributed by atoms with Crippen molar-refractivity contribution in [2.24, 2.45) is 0 Å². The van der Waals surface area contributed by atoms with Crippen LogP contribution in [0.2, 0.25) is 5.02 Å². The Labute approximate surface area is 119 Å². The first-order valence-electron chi connectivity index (χ1n) is 6.92. The lowest BCUT2D eigenvalue weighted by molar-refractivity contribution is 0.00564. The molecule has 2 rings (SSSR count). The lowest BCUT2D eigenvalue weighted by atomic mass is 9.97. The van der Waals surface area contributed by atoms with Crippen molar-refractivity contribution in [2.45, 2.75) is 44.2 Å². The van der Waals surface area contributed by atoms with E-state index in [4.69, 9.17) is 16.3 Å². The van der Waals surface area contributed by atoms with E-state index in [1.165, 1.54) is 12.5 Å². The molecule has 2 atom stereocenters. The van der Waals surface area contributed by atoms with Gasteiger partial charge in [0.15, 0.2) is 0 Å². The summed E-state index contributed by atoms with van der Waals surface area (Å²) >= 11 is 5.92. The maximum absolute atomic E-state index is 13.7. The summed E-state index contributed by atoms with van der Waals surface area (Å²) < 4.78 is 19.5. The number of rotatable bonds is 5. The Hall–Kier alpha value is -0.640. The van der Waals surface area contributed by atoms with E-state index >= 15 is 0 Å². The van der Waals surface area contributed by atoms with E-state index in [2.05, 4.69) is 5.32 Å². The topological polar surface area (TPSA) is 21.3 Å². The summed E-state index contributed by atoms with van der Waals surface area (Å²) in [6, 6.07) is 4.94. The zero-order chi connectivity index (χ0) is 13.7. The van der Waals surface area contributed by atoms with Gasteiger partial charge in [0.2, 0.25) is 0 Å². The molecule has 19 heavy (non-hydrogen) atoms. The molecule has 1 aromatic rings. The fourth-order valence-electron chi connectivity index (χ4n) is 2.58. The maximum Gasteiger partial charge on any atom is 0.126 e. The van der Waals surface area contributed by atoms with Crippen LogP contribution in [-0.4, -0.2) is 25.8 Å². The van der Waals surface area contributed by atoms with Gasteiger partial charge in [0.25, 0.3) is 0 Å². The van der Waals surface area contributed by atoms with Crippen LogP contribution >= 0.6 is 11.6 Å². The first-order chi connectivity index (χ1) is 9.19. The number of halogens is 2. The third-order valence-corrected chi connectivity index (χ3v) is 3.94. The number of hydrogen-bond donors (Lipinski definition) is 1. The third-order valence-electron chi connectivity index (χ3n) is 3.70. The van der Waals surface area contributed by atoms with Gasteiger partial charge in [-0.15, -0.1) is 0 Å². The van der Waals surface area contributed by atoms with E-state index in [9.17, 15) is 4.39 Å². The molecule has 0 radical (unpaired) electrons. The van der Waals surface area contributed by atoms with Gasteiger partial charge in [-0.05, 0) is 62.9 Å². The Bertz CT molecular complexity index is 407. The molecule has 0 saturated carbocycles. The third kappa shape index (κ3) is 4.44. The molecule has 2 unspecified atom stereocenters. The molecule has 0 aliphatic carbocycles. The zero-order valence-corrected chi connectivity index (χ0v) is 12.0. The Balaban J connectivity index is 1.95. The Morgan fingerprint density at radius 1 is 1.47 bits per heavy atom. The standard InChI is InChI=1S/C15H21ClFNO/c1-18-13(10-14-4-2-3-7-19-14)9-11-8-12(16)5-6-15(11)17/h5-6,8,13-14,18H,2-4,7,9-10H2,1H3. The van der Waals surface area contributed by atoms with E-state index in [0.29, 0.717) is 23.1 Å². The predicted molar refractivity (Wildman–Crippen MR) is 76.2 cm³/mol. The van der Waals surface area contributed by atoms with Crippen molar-refractivity contribution in [1.29, 1.82) is 0 Å². The van der Waals surface area contributed by atoms with Crippen molar-refractivity contribution in [3.05, 3.63) is 34.6 Å². The Morgan fingerprint density at radius 3 is 3.00 bits per heavy atom. The molecule has 1 aromatic carbocycles. The molecule has 1 N–H and O–H groups in total. The highest BCUT2D eigenvalue weighted by molar-refractivity contribution is 6.30. The second-order valence-corrected chi connectivity index (χ2v) is 5.59. The van der Waals surface area contributed by atoms with E-state index in [0.717, 1.165) is 25.9 Å². The number of benzene rings is 1. The predicted octanol–water partition coefficient (Wildman–Crippen LogP) is 3.57. The van der Waals surface area contributed by atoms with E-state index < -0.39 is 0 Å². The molecule has 1 aliphatic heterocycles. The first-order valence-corrected chi connectivity index (χ1v) is 7.29. The van der Waals surface area contributed by atoms with Crippen LogP contribution in [0.4, 0.5) is 4.39 Å². The molecule has 106 valence electrons. The Kier molecular flexibility index (Phi) is 5.61. The summed E-state index contributed by atoms with van der Waals surface area (Å²) in [6.07, 6.45) is 5.35. The van der Waals surface area contributed by atoms with Crippen LogP contribution in [0.25, 0.3) is 0 Å². The van der Waals surface area contributed by atoms with Crippen LogP contribution in [0, 0.1) is 5.82 Å². The highest BCUT2D eigenvalue weighted by Crippen LogP contribution is 2.21. The highest BCUT2D eigenvalue weighted by Gasteiger charge is 2.19. The molecular formula is C15H21ClFNO. The fourth-order valence-corrected chi connectivity index (χ4v) is 2.77. The second-order valence-electron chi connectivity index (χ2n) is 5.15. The fraction of sp³-hybridized carbons (Fsp3) is 0.600. The van der Waals surface area contributed by atoms with Crippen molar-refractivity contribution in [1.82, 2.24) is 5.32 Å². The molecule has 0 aromatic heterocycles. The molecule has 1 aliphatic rings.